The smallest absolute Gasteiger partial charge is 0.328 e. The number of aromatic amines is 1. The van der Waals surface area contributed by atoms with Crippen LogP contribution in [-0.4, -0.2) is 45.7 Å². The third-order valence-corrected chi connectivity index (χ3v) is 8.30. The molecule has 0 saturated heterocycles. The summed E-state index contributed by atoms with van der Waals surface area (Å²) in [5.41, 5.74) is 4.08. The van der Waals surface area contributed by atoms with Crippen molar-refractivity contribution in [3.05, 3.63) is 124 Å². The summed E-state index contributed by atoms with van der Waals surface area (Å²) in [6.45, 7) is 0. The molecule has 0 bridgehead atoms. The highest BCUT2D eigenvalue weighted by Gasteiger charge is 2.25. The van der Waals surface area contributed by atoms with Crippen molar-refractivity contribution in [2.75, 3.05) is 12.4 Å². The number of carbonyl (C=O) groups excluding carboxylic acids is 3. The first kappa shape index (κ1) is 28.9. The fourth-order valence-corrected chi connectivity index (χ4v) is 5.95. The molecule has 0 saturated carbocycles. The quantitative estimate of drug-likeness (QED) is 0.159. The van der Waals surface area contributed by atoms with Crippen LogP contribution in [0.1, 0.15) is 26.3 Å². The van der Waals surface area contributed by atoms with Gasteiger partial charge in [0.2, 0.25) is 0 Å². The molecule has 11 heteroatoms. The van der Waals surface area contributed by atoms with Crippen LogP contribution in [0.4, 0.5) is 5.69 Å². The van der Waals surface area contributed by atoms with E-state index in [2.05, 4.69) is 20.7 Å². The van der Waals surface area contributed by atoms with Crippen LogP contribution in [0, 0.1) is 0 Å². The van der Waals surface area contributed by atoms with Gasteiger partial charge in [0, 0.05) is 41.0 Å². The molecule has 3 N–H and O–H groups in total. The Morgan fingerprint density at radius 2 is 1.77 bits per heavy atom. The number of fused-ring (bicyclic) bond motifs is 1. The average molecular weight is 624 g/mol. The minimum atomic E-state index is -0.922. The Kier molecular flexibility index (Phi) is 8.27. The second-order valence-corrected chi connectivity index (χ2v) is 11.6. The van der Waals surface area contributed by atoms with Crippen LogP contribution in [0.2, 0.25) is 4.34 Å². The van der Waals surface area contributed by atoms with Gasteiger partial charge < -0.3 is 20.4 Å². The Bertz CT molecular complexity index is 1980. The maximum atomic E-state index is 13.6. The normalized spacial score (nSPS) is 11.7. The lowest BCUT2D eigenvalue weighted by Crippen LogP contribution is -2.43. The fourth-order valence-electron chi connectivity index (χ4n) is 4.91. The van der Waals surface area contributed by atoms with E-state index in [-0.39, 0.29) is 12.0 Å². The van der Waals surface area contributed by atoms with Gasteiger partial charge in [0.15, 0.2) is 0 Å². The second kappa shape index (κ2) is 12.6. The molecule has 44 heavy (non-hydrogen) atoms. The molecular formula is C33H26ClN5O4S. The van der Waals surface area contributed by atoms with Crippen LogP contribution >= 0.6 is 22.9 Å². The lowest BCUT2D eigenvalue weighted by Gasteiger charge is -2.17. The van der Waals surface area contributed by atoms with Crippen molar-refractivity contribution in [3.8, 4) is 16.3 Å². The summed E-state index contributed by atoms with van der Waals surface area (Å²) < 4.78 is 7.20. The maximum Gasteiger partial charge on any atom is 0.328 e. The van der Waals surface area contributed by atoms with E-state index in [1.165, 1.54) is 18.4 Å². The zero-order chi connectivity index (χ0) is 30.6. The zero-order valence-corrected chi connectivity index (χ0v) is 25.0. The summed E-state index contributed by atoms with van der Waals surface area (Å²) in [4.78, 5) is 43.5. The molecule has 3 heterocycles. The number of hydrogen-bond donors (Lipinski definition) is 3. The van der Waals surface area contributed by atoms with Gasteiger partial charge >= 0.3 is 5.97 Å². The molecule has 0 unspecified atom stereocenters. The molecule has 220 valence electrons. The van der Waals surface area contributed by atoms with Gasteiger partial charge in [-0.25, -0.2) is 9.48 Å². The Labute approximate surface area is 261 Å². The number of anilines is 1. The number of nitrogens with zero attached hydrogens (tertiary/aromatic N) is 2. The number of H-pyrrole nitrogens is 1. The summed E-state index contributed by atoms with van der Waals surface area (Å²) in [6.07, 6.45) is 3.72. The van der Waals surface area contributed by atoms with Crippen LogP contribution in [0.3, 0.4) is 0 Å². The number of esters is 1. The van der Waals surface area contributed by atoms with Gasteiger partial charge in [-0.3, -0.25) is 9.59 Å². The monoisotopic (exact) mass is 623 g/mol. The predicted molar refractivity (Wildman–Crippen MR) is 172 cm³/mol. The number of aromatic nitrogens is 3. The van der Waals surface area contributed by atoms with Gasteiger partial charge in [0.1, 0.15) is 11.7 Å². The van der Waals surface area contributed by atoms with Crippen molar-refractivity contribution in [2.45, 2.75) is 12.5 Å². The van der Waals surface area contributed by atoms with E-state index in [4.69, 9.17) is 16.3 Å². The number of ether oxygens (including phenoxy) is 1. The number of methoxy groups -OCH3 is 1. The molecule has 6 rings (SSSR count). The number of hydrogen-bond acceptors (Lipinski definition) is 6. The van der Waals surface area contributed by atoms with Gasteiger partial charge in [0.05, 0.1) is 27.6 Å². The minimum Gasteiger partial charge on any atom is -0.467 e. The van der Waals surface area contributed by atoms with Crippen LogP contribution in [0.25, 0.3) is 27.2 Å². The predicted octanol–water partition coefficient (Wildman–Crippen LogP) is 6.50. The van der Waals surface area contributed by atoms with Gasteiger partial charge in [-0.1, -0.05) is 54.1 Å². The molecule has 0 radical (unpaired) electrons. The van der Waals surface area contributed by atoms with E-state index in [9.17, 15) is 14.4 Å². The second-order valence-electron chi connectivity index (χ2n) is 9.92. The molecule has 6 aromatic rings. The van der Waals surface area contributed by atoms with E-state index < -0.39 is 23.8 Å². The highest BCUT2D eigenvalue weighted by Crippen LogP contribution is 2.33. The number of thiophene rings is 1. The SMILES string of the molecule is COC(=O)[C@H](Cc1c[nH]c2ccccc12)NC(=O)c1cccc(NC(=O)c2cn(-c3ccccc3)nc2-c2ccc(Cl)s2)c1. The van der Waals surface area contributed by atoms with Gasteiger partial charge in [-0.15, -0.1) is 11.3 Å². The molecular weight excluding hydrogens is 598 g/mol. The minimum absolute atomic E-state index is 0.236. The number of rotatable bonds is 9. The fraction of sp³-hybridized carbons (Fsp3) is 0.0909. The molecule has 3 aromatic carbocycles. The number of halogens is 1. The Morgan fingerprint density at radius 1 is 0.977 bits per heavy atom. The van der Waals surface area contributed by atoms with Crippen LogP contribution in [0.5, 0.6) is 0 Å². The van der Waals surface area contributed by atoms with Crippen molar-refractivity contribution < 1.29 is 19.1 Å². The van der Waals surface area contributed by atoms with Gasteiger partial charge in [-0.05, 0) is 54.1 Å². The number of nitrogens with one attached hydrogen (secondary N) is 3. The Morgan fingerprint density at radius 3 is 2.55 bits per heavy atom. The standard InChI is InChI=1S/C33H26ClN5O4S/c1-43-33(42)27(17-21-18-35-26-13-6-5-12-24(21)26)37-31(40)20-8-7-9-22(16-20)36-32(41)25-19-39(23-10-3-2-4-11-23)38-30(25)28-14-15-29(34)44-28/h2-16,18-19,27,35H,17H2,1H3,(H,36,41)(H,37,40)/t27-/m0/s1. The van der Waals surface area contributed by atoms with Gasteiger partial charge in [-0.2, -0.15) is 5.10 Å². The largest absolute Gasteiger partial charge is 0.467 e. The molecule has 0 fully saturated rings. The summed E-state index contributed by atoms with van der Waals surface area (Å²) in [5, 5.41) is 11.3. The van der Waals surface area contributed by atoms with Crippen molar-refractivity contribution in [1.82, 2.24) is 20.1 Å². The highest BCUT2D eigenvalue weighted by molar-refractivity contribution is 7.19. The lowest BCUT2D eigenvalue weighted by molar-refractivity contribution is -0.142. The number of carbonyl (C=O) groups is 3. The third kappa shape index (κ3) is 6.12. The average Bonchev–Trinajstić information content (AvgIpc) is 3.79. The van der Waals surface area contributed by atoms with Crippen molar-refractivity contribution in [2.24, 2.45) is 0 Å². The van der Waals surface area contributed by atoms with Crippen LogP contribution in [0.15, 0.2) is 103 Å². The highest BCUT2D eigenvalue weighted by atomic mass is 35.5. The molecule has 1 atom stereocenters. The van der Waals surface area contributed by atoms with Crippen molar-refractivity contribution in [3.63, 3.8) is 0 Å². The first-order chi connectivity index (χ1) is 21.4. The first-order valence-electron chi connectivity index (χ1n) is 13.7. The van der Waals surface area contributed by atoms with E-state index in [0.29, 0.717) is 21.3 Å². The summed E-state index contributed by atoms with van der Waals surface area (Å²) in [6, 6.07) is 26.3. The molecule has 0 aliphatic heterocycles. The van der Waals surface area contributed by atoms with Gasteiger partial charge in [0.25, 0.3) is 11.8 Å². The molecule has 0 aliphatic carbocycles. The summed E-state index contributed by atoms with van der Waals surface area (Å²) in [5.74, 6) is -1.46. The topological polar surface area (TPSA) is 118 Å². The Hall–Kier alpha value is -5.19. The molecule has 0 spiro atoms. The molecule has 9 nitrogen and oxygen atoms in total. The van der Waals surface area contributed by atoms with E-state index in [1.54, 1.807) is 41.2 Å². The lowest BCUT2D eigenvalue weighted by atomic mass is 10.0. The van der Waals surface area contributed by atoms with Crippen LogP contribution in [-0.2, 0) is 16.0 Å². The Balaban J connectivity index is 1.22. The number of para-hydroxylation sites is 2. The van der Waals surface area contributed by atoms with Crippen molar-refractivity contribution >= 4 is 57.3 Å². The molecule has 2 amide bonds. The number of benzene rings is 3. The van der Waals surface area contributed by atoms with E-state index in [0.717, 1.165) is 27.0 Å². The molecule has 0 aliphatic rings. The van der Waals surface area contributed by atoms with E-state index in [1.807, 2.05) is 66.9 Å². The summed E-state index contributed by atoms with van der Waals surface area (Å²) >= 11 is 7.51. The third-order valence-electron chi connectivity index (χ3n) is 7.06. The van der Waals surface area contributed by atoms with Crippen molar-refractivity contribution in [1.29, 1.82) is 0 Å². The maximum absolute atomic E-state index is 13.6. The first-order valence-corrected chi connectivity index (χ1v) is 14.8. The number of amides is 2. The van der Waals surface area contributed by atoms with E-state index >= 15 is 0 Å². The molecule has 3 aromatic heterocycles. The zero-order valence-electron chi connectivity index (χ0n) is 23.4. The van der Waals surface area contributed by atoms with Crippen LogP contribution < -0.4 is 10.6 Å². The summed E-state index contributed by atoms with van der Waals surface area (Å²) in [7, 11) is 1.28.